The summed E-state index contributed by atoms with van der Waals surface area (Å²) < 4.78 is 15.9. The molecule has 1 aliphatic carbocycles. The van der Waals surface area contributed by atoms with E-state index in [1.165, 1.54) is 25.3 Å². The number of halogens is 3. The molecule has 2 atom stereocenters. The molecule has 3 rings (SSSR count). The second-order valence-corrected chi connectivity index (χ2v) is 6.48. The van der Waals surface area contributed by atoms with E-state index in [9.17, 15) is 4.39 Å². The van der Waals surface area contributed by atoms with E-state index < -0.39 is 5.82 Å². The average Bonchev–Trinajstić information content (AvgIpc) is 2.85. The Balaban J connectivity index is 2.17. The number of benzene rings is 1. The van der Waals surface area contributed by atoms with Crippen molar-refractivity contribution in [3.05, 3.63) is 28.8 Å². The molecule has 114 valence electrons. The van der Waals surface area contributed by atoms with Crippen LogP contribution in [0.2, 0.25) is 5.02 Å². The summed E-state index contributed by atoms with van der Waals surface area (Å²) in [4.78, 5) is 4.51. The number of fused-ring (bicyclic) bond motifs is 1. The molecule has 1 aliphatic rings. The first-order valence-electron chi connectivity index (χ1n) is 7.57. The summed E-state index contributed by atoms with van der Waals surface area (Å²) in [5.74, 6) is 1.35. The van der Waals surface area contributed by atoms with Gasteiger partial charge in [-0.05, 0) is 24.8 Å². The molecule has 0 N–H and O–H groups in total. The molecule has 1 heterocycles. The highest BCUT2D eigenvalue weighted by Crippen LogP contribution is 2.39. The van der Waals surface area contributed by atoms with Crippen LogP contribution in [0, 0.1) is 11.7 Å². The molecule has 0 spiro atoms. The molecule has 21 heavy (non-hydrogen) atoms. The third-order valence-corrected chi connectivity index (χ3v) is 5.18. The van der Waals surface area contributed by atoms with Gasteiger partial charge < -0.3 is 4.57 Å². The predicted octanol–water partition coefficient (Wildman–Crippen LogP) is 5.71. The van der Waals surface area contributed by atoms with Crippen LogP contribution >= 0.6 is 23.2 Å². The van der Waals surface area contributed by atoms with Crippen molar-refractivity contribution in [2.75, 3.05) is 0 Å². The Kier molecular flexibility index (Phi) is 4.41. The van der Waals surface area contributed by atoms with E-state index in [-0.39, 0.29) is 5.02 Å². The molecule has 0 saturated heterocycles. The highest BCUT2D eigenvalue weighted by atomic mass is 35.5. The van der Waals surface area contributed by atoms with Crippen LogP contribution in [0.4, 0.5) is 4.39 Å². The van der Waals surface area contributed by atoms with E-state index >= 15 is 0 Å². The minimum absolute atomic E-state index is 0.147. The van der Waals surface area contributed by atoms with Crippen LogP contribution in [0.15, 0.2) is 12.1 Å². The molecule has 1 aromatic carbocycles. The van der Waals surface area contributed by atoms with Gasteiger partial charge in [-0.3, -0.25) is 0 Å². The lowest BCUT2D eigenvalue weighted by Gasteiger charge is -2.33. The standard InChI is InChI=1S/C16H19Cl2FN2/c1-2-10-5-3-4-6-14(10)21-15-7-11(18)12(19)8-13(15)20-16(21)9-17/h7-8,10,14H,2-6,9H2,1H3. The number of nitrogens with zero attached hydrogens (tertiary/aromatic N) is 2. The Morgan fingerprint density at radius 1 is 1.33 bits per heavy atom. The number of hydrogen-bond acceptors (Lipinski definition) is 1. The van der Waals surface area contributed by atoms with E-state index in [0.29, 0.717) is 23.4 Å². The average molecular weight is 329 g/mol. The van der Waals surface area contributed by atoms with Crippen molar-refractivity contribution in [1.29, 1.82) is 0 Å². The van der Waals surface area contributed by atoms with Gasteiger partial charge in [0.2, 0.25) is 0 Å². The molecule has 0 bridgehead atoms. The van der Waals surface area contributed by atoms with E-state index in [1.807, 2.05) is 0 Å². The van der Waals surface area contributed by atoms with Crippen molar-refractivity contribution in [3.63, 3.8) is 0 Å². The van der Waals surface area contributed by atoms with Crippen LogP contribution in [0.1, 0.15) is 50.9 Å². The monoisotopic (exact) mass is 328 g/mol. The maximum Gasteiger partial charge on any atom is 0.144 e. The first-order chi connectivity index (χ1) is 10.2. The molecular weight excluding hydrogens is 310 g/mol. The second-order valence-electron chi connectivity index (χ2n) is 5.81. The molecule has 0 amide bonds. The molecule has 1 fully saturated rings. The van der Waals surface area contributed by atoms with Crippen LogP contribution in [0.25, 0.3) is 11.0 Å². The highest BCUT2D eigenvalue weighted by Gasteiger charge is 2.28. The van der Waals surface area contributed by atoms with Crippen LogP contribution in [-0.4, -0.2) is 9.55 Å². The largest absolute Gasteiger partial charge is 0.324 e. The van der Waals surface area contributed by atoms with Crippen molar-refractivity contribution >= 4 is 34.2 Å². The van der Waals surface area contributed by atoms with E-state index in [2.05, 4.69) is 16.5 Å². The van der Waals surface area contributed by atoms with Crippen molar-refractivity contribution in [3.8, 4) is 0 Å². The zero-order chi connectivity index (χ0) is 15.0. The van der Waals surface area contributed by atoms with Crippen LogP contribution < -0.4 is 0 Å². The van der Waals surface area contributed by atoms with Gasteiger partial charge in [0.1, 0.15) is 11.6 Å². The maximum atomic E-state index is 13.7. The van der Waals surface area contributed by atoms with Crippen molar-refractivity contribution < 1.29 is 4.39 Å². The first-order valence-corrected chi connectivity index (χ1v) is 8.48. The van der Waals surface area contributed by atoms with Gasteiger partial charge in [0.05, 0.1) is 21.9 Å². The van der Waals surface area contributed by atoms with Gasteiger partial charge in [0.15, 0.2) is 0 Å². The summed E-state index contributed by atoms with van der Waals surface area (Å²) >= 11 is 12.1. The lowest BCUT2D eigenvalue weighted by molar-refractivity contribution is 0.234. The van der Waals surface area contributed by atoms with Gasteiger partial charge in [-0.2, -0.15) is 0 Å². The molecule has 1 aromatic heterocycles. The Labute approximate surface area is 134 Å². The third kappa shape index (κ3) is 2.66. The number of imidazole rings is 1. The van der Waals surface area contributed by atoms with Crippen molar-refractivity contribution in [1.82, 2.24) is 9.55 Å². The smallest absolute Gasteiger partial charge is 0.144 e. The van der Waals surface area contributed by atoms with E-state index in [4.69, 9.17) is 23.2 Å². The van der Waals surface area contributed by atoms with Crippen LogP contribution in [0.3, 0.4) is 0 Å². The zero-order valence-electron chi connectivity index (χ0n) is 12.1. The summed E-state index contributed by atoms with van der Waals surface area (Å²) in [6, 6.07) is 3.49. The van der Waals surface area contributed by atoms with Gasteiger partial charge in [-0.25, -0.2) is 9.37 Å². The number of alkyl halides is 1. The minimum atomic E-state index is -0.425. The SMILES string of the molecule is CCC1CCCCC1n1c(CCl)nc2cc(F)c(Cl)cc21. The molecule has 0 aliphatic heterocycles. The number of aromatic nitrogens is 2. The predicted molar refractivity (Wildman–Crippen MR) is 85.5 cm³/mol. The molecule has 5 heteroatoms. The van der Waals surface area contributed by atoms with Crippen LogP contribution in [-0.2, 0) is 5.88 Å². The molecule has 2 unspecified atom stereocenters. The lowest BCUT2D eigenvalue weighted by atomic mass is 9.82. The van der Waals surface area contributed by atoms with Gasteiger partial charge >= 0.3 is 0 Å². The third-order valence-electron chi connectivity index (χ3n) is 4.65. The van der Waals surface area contributed by atoms with Crippen molar-refractivity contribution in [2.45, 2.75) is 50.9 Å². The normalized spacial score (nSPS) is 22.9. The summed E-state index contributed by atoms with van der Waals surface area (Å²) in [6.07, 6.45) is 6.01. The Bertz CT molecular complexity index is 653. The fourth-order valence-electron chi connectivity index (χ4n) is 3.61. The van der Waals surface area contributed by atoms with Gasteiger partial charge in [-0.1, -0.05) is 37.8 Å². The van der Waals surface area contributed by atoms with Gasteiger partial charge in [0, 0.05) is 12.1 Å². The maximum absolute atomic E-state index is 13.7. The summed E-state index contributed by atoms with van der Waals surface area (Å²) in [5.41, 5.74) is 1.55. The van der Waals surface area contributed by atoms with E-state index in [1.54, 1.807) is 6.07 Å². The second kappa shape index (κ2) is 6.13. The molecule has 0 radical (unpaired) electrons. The Morgan fingerprint density at radius 2 is 2.10 bits per heavy atom. The van der Waals surface area contributed by atoms with Crippen LogP contribution in [0.5, 0.6) is 0 Å². The summed E-state index contributed by atoms with van der Waals surface area (Å²) in [5, 5.41) is 0.147. The summed E-state index contributed by atoms with van der Waals surface area (Å²) in [7, 11) is 0. The molecule has 2 aromatic rings. The van der Waals surface area contributed by atoms with E-state index in [0.717, 1.165) is 24.2 Å². The zero-order valence-corrected chi connectivity index (χ0v) is 13.6. The molecule has 1 saturated carbocycles. The van der Waals surface area contributed by atoms with Gasteiger partial charge in [0.25, 0.3) is 0 Å². The van der Waals surface area contributed by atoms with Gasteiger partial charge in [-0.15, -0.1) is 11.6 Å². The number of hydrogen-bond donors (Lipinski definition) is 0. The highest BCUT2D eigenvalue weighted by molar-refractivity contribution is 6.31. The van der Waals surface area contributed by atoms with Crippen molar-refractivity contribution in [2.24, 2.45) is 5.92 Å². The Morgan fingerprint density at radius 3 is 2.81 bits per heavy atom. The fraction of sp³-hybridized carbons (Fsp3) is 0.562. The minimum Gasteiger partial charge on any atom is -0.324 e. The topological polar surface area (TPSA) is 17.8 Å². The number of rotatable bonds is 3. The molecule has 2 nitrogen and oxygen atoms in total. The first kappa shape index (κ1) is 15.1. The molecular formula is C16H19Cl2FN2. The quantitative estimate of drug-likeness (QED) is 0.660. The summed E-state index contributed by atoms with van der Waals surface area (Å²) in [6.45, 7) is 2.23. The Hall–Kier alpha value is -0.800. The lowest BCUT2D eigenvalue weighted by Crippen LogP contribution is -2.24. The fourth-order valence-corrected chi connectivity index (χ4v) is 3.96.